The molecule has 0 radical (unpaired) electrons. The van der Waals surface area contributed by atoms with Gasteiger partial charge in [0.1, 0.15) is 0 Å². The van der Waals surface area contributed by atoms with Gasteiger partial charge in [0, 0.05) is 38.3 Å². The standard InChI is InChI=1S/C19H28N4O2/c1-21(2)14-17-8-4-6-10-23(17)19(25)15-11-18(24)22(12-15)13-16-7-3-5-9-20-16/h3,5,7,9,15,17H,4,6,8,10-14H2,1-2H3. The van der Waals surface area contributed by atoms with Crippen molar-refractivity contribution in [2.45, 2.75) is 38.3 Å². The highest BCUT2D eigenvalue weighted by Crippen LogP contribution is 2.26. The topological polar surface area (TPSA) is 56.8 Å². The number of carbonyl (C=O) groups excluding carboxylic acids is 2. The van der Waals surface area contributed by atoms with Gasteiger partial charge in [-0.15, -0.1) is 0 Å². The fraction of sp³-hybridized carbons (Fsp3) is 0.632. The molecule has 2 fully saturated rings. The molecule has 2 amide bonds. The van der Waals surface area contributed by atoms with E-state index < -0.39 is 0 Å². The third-order valence-electron chi connectivity index (χ3n) is 5.13. The number of hydrogen-bond acceptors (Lipinski definition) is 4. The summed E-state index contributed by atoms with van der Waals surface area (Å²) in [5, 5.41) is 0. The zero-order valence-electron chi connectivity index (χ0n) is 15.2. The number of amides is 2. The van der Waals surface area contributed by atoms with E-state index in [0.717, 1.165) is 31.6 Å². The maximum atomic E-state index is 13.0. The predicted molar refractivity (Wildman–Crippen MR) is 95.7 cm³/mol. The third-order valence-corrected chi connectivity index (χ3v) is 5.13. The maximum Gasteiger partial charge on any atom is 0.228 e. The van der Waals surface area contributed by atoms with Crippen molar-refractivity contribution in [1.82, 2.24) is 19.7 Å². The highest BCUT2D eigenvalue weighted by atomic mass is 16.2. The molecular formula is C19H28N4O2. The van der Waals surface area contributed by atoms with Crippen LogP contribution in [0.4, 0.5) is 0 Å². The molecule has 0 N–H and O–H groups in total. The van der Waals surface area contributed by atoms with E-state index in [1.165, 1.54) is 6.42 Å². The number of piperidine rings is 1. The van der Waals surface area contributed by atoms with Gasteiger partial charge in [0.2, 0.25) is 11.8 Å². The Labute approximate surface area is 149 Å². The summed E-state index contributed by atoms with van der Waals surface area (Å²) in [5.41, 5.74) is 0.868. The summed E-state index contributed by atoms with van der Waals surface area (Å²) in [7, 11) is 4.09. The van der Waals surface area contributed by atoms with Gasteiger partial charge in [0.25, 0.3) is 0 Å². The first kappa shape index (κ1) is 17.9. The van der Waals surface area contributed by atoms with Crippen molar-refractivity contribution in [2.24, 2.45) is 5.92 Å². The fourth-order valence-electron chi connectivity index (χ4n) is 3.91. The molecule has 2 saturated heterocycles. The van der Waals surface area contributed by atoms with Crippen LogP contribution in [-0.2, 0) is 16.1 Å². The second kappa shape index (κ2) is 7.95. The molecular weight excluding hydrogens is 316 g/mol. The van der Waals surface area contributed by atoms with Crippen LogP contribution in [0.25, 0.3) is 0 Å². The lowest BCUT2D eigenvalue weighted by molar-refractivity contribution is -0.139. The molecule has 2 atom stereocenters. The predicted octanol–water partition coefficient (Wildman–Crippen LogP) is 1.37. The van der Waals surface area contributed by atoms with E-state index in [0.29, 0.717) is 19.5 Å². The first-order chi connectivity index (χ1) is 12.0. The Morgan fingerprint density at radius 3 is 2.88 bits per heavy atom. The van der Waals surface area contributed by atoms with Gasteiger partial charge in [-0.05, 0) is 45.5 Å². The van der Waals surface area contributed by atoms with Gasteiger partial charge in [-0.1, -0.05) is 6.07 Å². The number of pyridine rings is 1. The van der Waals surface area contributed by atoms with E-state index in [2.05, 4.69) is 9.88 Å². The van der Waals surface area contributed by atoms with Crippen LogP contribution in [-0.4, -0.2) is 71.3 Å². The normalized spacial score (nSPS) is 24.2. The number of rotatable bonds is 5. The van der Waals surface area contributed by atoms with Gasteiger partial charge in [0.15, 0.2) is 0 Å². The summed E-state index contributed by atoms with van der Waals surface area (Å²) in [6.07, 6.45) is 5.36. The maximum absolute atomic E-state index is 13.0. The van der Waals surface area contributed by atoms with Crippen LogP contribution >= 0.6 is 0 Å². The number of hydrogen-bond donors (Lipinski definition) is 0. The van der Waals surface area contributed by atoms with Crippen molar-refractivity contribution in [2.75, 3.05) is 33.7 Å². The van der Waals surface area contributed by atoms with Gasteiger partial charge in [-0.25, -0.2) is 0 Å². The first-order valence-corrected chi connectivity index (χ1v) is 9.17. The molecule has 136 valence electrons. The molecule has 0 aromatic carbocycles. The fourth-order valence-corrected chi connectivity index (χ4v) is 3.91. The molecule has 2 aliphatic heterocycles. The monoisotopic (exact) mass is 344 g/mol. The Morgan fingerprint density at radius 1 is 1.32 bits per heavy atom. The van der Waals surface area contributed by atoms with Crippen molar-refractivity contribution in [3.63, 3.8) is 0 Å². The van der Waals surface area contributed by atoms with Crippen LogP contribution < -0.4 is 0 Å². The summed E-state index contributed by atoms with van der Waals surface area (Å²) in [6.45, 7) is 2.72. The van der Waals surface area contributed by atoms with Crippen molar-refractivity contribution < 1.29 is 9.59 Å². The van der Waals surface area contributed by atoms with Gasteiger partial charge in [-0.2, -0.15) is 0 Å². The van der Waals surface area contributed by atoms with E-state index in [1.807, 2.05) is 37.2 Å². The molecule has 2 aliphatic rings. The van der Waals surface area contributed by atoms with E-state index in [-0.39, 0.29) is 23.8 Å². The highest BCUT2D eigenvalue weighted by Gasteiger charge is 2.39. The summed E-state index contributed by atoms with van der Waals surface area (Å²) >= 11 is 0. The zero-order valence-corrected chi connectivity index (χ0v) is 15.2. The average molecular weight is 344 g/mol. The van der Waals surface area contributed by atoms with E-state index in [9.17, 15) is 9.59 Å². The summed E-state index contributed by atoms with van der Waals surface area (Å²) in [5.74, 6) is 0.00701. The largest absolute Gasteiger partial charge is 0.338 e. The highest BCUT2D eigenvalue weighted by molar-refractivity contribution is 5.89. The second-order valence-corrected chi connectivity index (χ2v) is 7.44. The number of likely N-dealkylation sites (tertiary alicyclic amines) is 2. The van der Waals surface area contributed by atoms with Gasteiger partial charge < -0.3 is 14.7 Å². The molecule has 3 heterocycles. The van der Waals surface area contributed by atoms with Gasteiger partial charge >= 0.3 is 0 Å². The Kier molecular flexibility index (Phi) is 5.68. The van der Waals surface area contributed by atoms with Crippen LogP contribution in [0.5, 0.6) is 0 Å². The Hall–Kier alpha value is -1.95. The van der Waals surface area contributed by atoms with Crippen molar-refractivity contribution in [3.8, 4) is 0 Å². The minimum Gasteiger partial charge on any atom is -0.338 e. The lowest BCUT2D eigenvalue weighted by atomic mass is 9.98. The van der Waals surface area contributed by atoms with Crippen LogP contribution in [0, 0.1) is 5.92 Å². The Morgan fingerprint density at radius 2 is 2.16 bits per heavy atom. The number of carbonyl (C=O) groups is 2. The summed E-state index contributed by atoms with van der Waals surface area (Å²) in [4.78, 5) is 35.6. The molecule has 2 unspecified atom stereocenters. The average Bonchev–Trinajstić information content (AvgIpc) is 2.96. The van der Waals surface area contributed by atoms with E-state index in [1.54, 1.807) is 11.1 Å². The number of aromatic nitrogens is 1. The number of nitrogens with zero attached hydrogens (tertiary/aromatic N) is 4. The van der Waals surface area contributed by atoms with E-state index >= 15 is 0 Å². The van der Waals surface area contributed by atoms with Crippen molar-refractivity contribution >= 4 is 11.8 Å². The molecule has 1 aromatic rings. The molecule has 25 heavy (non-hydrogen) atoms. The first-order valence-electron chi connectivity index (χ1n) is 9.17. The minimum atomic E-state index is -0.209. The van der Waals surface area contributed by atoms with Crippen LogP contribution in [0.1, 0.15) is 31.4 Å². The van der Waals surface area contributed by atoms with Crippen molar-refractivity contribution in [1.29, 1.82) is 0 Å². The lowest BCUT2D eigenvalue weighted by Gasteiger charge is -2.38. The summed E-state index contributed by atoms with van der Waals surface area (Å²) in [6, 6.07) is 5.98. The van der Waals surface area contributed by atoms with Crippen LogP contribution in [0.3, 0.4) is 0 Å². The molecule has 3 rings (SSSR count). The second-order valence-electron chi connectivity index (χ2n) is 7.44. The molecule has 1 aromatic heterocycles. The SMILES string of the molecule is CN(C)CC1CCCCN1C(=O)C1CC(=O)N(Cc2ccccn2)C1. The molecule has 0 bridgehead atoms. The summed E-state index contributed by atoms with van der Waals surface area (Å²) < 4.78 is 0. The molecule has 0 aliphatic carbocycles. The van der Waals surface area contributed by atoms with Gasteiger partial charge in [0.05, 0.1) is 18.2 Å². The number of likely N-dealkylation sites (N-methyl/N-ethyl adjacent to an activating group) is 1. The third kappa shape index (κ3) is 4.37. The molecule has 6 nitrogen and oxygen atoms in total. The van der Waals surface area contributed by atoms with Crippen molar-refractivity contribution in [3.05, 3.63) is 30.1 Å². The smallest absolute Gasteiger partial charge is 0.228 e. The minimum absolute atomic E-state index is 0.0603. The van der Waals surface area contributed by atoms with Crippen LogP contribution in [0.15, 0.2) is 24.4 Å². The Bertz CT molecular complexity index is 605. The zero-order chi connectivity index (χ0) is 17.8. The molecule has 0 spiro atoms. The Balaban J connectivity index is 1.63. The quantitative estimate of drug-likeness (QED) is 0.810. The molecule has 6 heteroatoms. The lowest BCUT2D eigenvalue weighted by Crippen LogP contribution is -2.50. The van der Waals surface area contributed by atoms with E-state index in [4.69, 9.17) is 0 Å². The molecule has 0 saturated carbocycles. The van der Waals surface area contributed by atoms with Crippen LogP contribution in [0.2, 0.25) is 0 Å². The van der Waals surface area contributed by atoms with Gasteiger partial charge in [-0.3, -0.25) is 14.6 Å².